The van der Waals surface area contributed by atoms with Crippen LogP contribution >= 0.6 is 11.8 Å². The topological polar surface area (TPSA) is 21.3 Å². The molecule has 4 heteroatoms. The van der Waals surface area contributed by atoms with E-state index in [9.17, 15) is 4.39 Å². The summed E-state index contributed by atoms with van der Waals surface area (Å²) in [6.07, 6.45) is 6.15. The Kier molecular flexibility index (Phi) is 4.87. The van der Waals surface area contributed by atoms with Crippen molar-refractivity contribution in [3.8, 4) is 0 Å². The molecule has 3 rings (SSSR count). The van der Waals surface area contributed by atoms with Gasteiger partial charge in [-0.05, 0) is 69.3 Å². The van der Waals surface area contributed by atoms with E-state index in [2.05, 4.69) is 12.4 Å². The van der Waals surface area contributed by atoms with Gasteiger partial charge in [-0.15, -0.1) is 11.8 Å². The molecule has 1 spiro atoms. The second-order valence-corrected chi connectivity index (χ2v) is 7.39. The second kappa shape index (κ2) is 6.67. The van der Waals surface area contributed by atoms with Gasteiger partial charge in [-0.2, -0.15) is 0 Å². The van der Waals surface area contributed by atoms with Crippen molar-refractivity contribution < 1.29 is 9.13 Å². The standard InChI is InChI=1S/C17H24FNOS/c1-19-16(12-21-15-5-3-14(18)4-6-15)13-7-10-20-17(11-13)8-2-9-17/h3-6,13,16,19H,2,7-12H2,1H3. The molecular weight excluding hydrogens is 285 g/mol. The highest BCUT2D eigenvalue weighted by Crippen LogP contribution is 2.45. The molecule has 2 nitrogen and oxygen atoms in total. The van der Waals surface area contributed by atoms with Gasteiger partial charge in [0.15, 0.2) is 0 Å². The van der Waals surface area contributed by atoms with E-state index in [1.807, 2.05) is 23.9 Å². The normalized spacial score (nSPS) is 25.5. The third-order valence-electron chi connectivity index (χ3n) is 4.98. The van der Waals surface area contributed by atoms with E-state index in [-0.39, 0.29) is 11.4 Å². The zero-order valence-electron chi connectivity index (χ0n) is 12.6. The maximum Gasteiger partial charge on any atom is 0.123 e. The van der Waals surface area contributed by atoms with Crippen LogP contribution in [0, 0.1) is 11.7 Å². The lowest BCUT2D eigenvalue weighted by Gasteiger charge is -2.48. The van der Waals surface area contributed by atoms with Crippen molar-refractivity contribution in [2.75, 3.05) is 19.4 Å². The van der Waals surface area contributed by atoms with Gasteiger partial charge >= 0.3 is 0 Å². The van der Waals surface area contributed by atoms with Crippen LogP contribution in [-0.2, 0) is 4.74 Å². The molecule has 2 atom stereocenters. The number of nitrogens with one attached hydrogen (secondary N) is 1. The highest BCUT2D eigenvalue weighted by atomic mass is 32.2. The molecule has 1 aliphatic heterocycles. The Morgan fingerprint density at radius 3 is 2.76 bits per heavy atom. The molecule has 1 aromatic rings. The maximum absolute atomic E-state index is 12.9. The molecule has 1 saturated carbocycles. The Balaban J connectivity index is 1.55. The van der Waals surface area contributed by atoms with Crippen LogP contribution in [0.5, 0.6) is 0 Å². The number of rotatable bonds is 5. The first-order chi connectivity index (χ1) is 10.2. The summed E-state index contributed by atoms with van der Waals surface area (Å²) in [6, 6.07) is 7.30. The summed E-state index contributed by atoms with van der Waals surface area (Å²) in [5, 5.41) is 3.49. The SMILES string of the molecule is CNC(CSc1ccc(F)cc1)C1CCOC2(CCC2)C1. The van der Waals surface area contributed by atoms with Gasteiger partial charge in [-0.3, -0.25) is 0 Å². The summed E-state index contributed by atoms with van der Waals surface area (Å²) < 4.78 is 19.0. The third kappa shape index (κ3) is 3.61. The van der Waals surface area contributed by atoms with Crippen molar-refractivity contribution in [1.29, 1.82) is 0 Å². The first-order valence-electron chi connectivity index (χ1n) is 7.90. The zero-order chi connectivity index (χ0) is 14.7. The predicted molar refractivity (Wildman–Crippen MR) is 85.2 cm³/mol. The Labute approximate surface area is 130 Å². The van der Waals surface area contributed by atoms with Crippen molar-refractivity contribution in [3.63, 3.8) is 0 Å². The van der Waals surface area contributed by atoms with Gasteiger partial charge in [-0.25, -0.2) is 4.39 Å². The third-order valence-corrected chi connectivity index (χ3v) is 6.11. The Hall–Kier alpha value is -0.580. The van der Waals surface area contributed by atoms with E-state index in [4.69, 9.17) is 4.74 Å². The maximum atomic E-state index is 12.9. The van der Waals surface area contributed by atoms with E-state index in [0.29, 0.717) is 12.0 Å². The lowest BCUT2D eigenvalue weighted by Crippen LogP contribution is -2.50. The minimum absolute atomic E-state index is 0.166. The summed E-state index contributed by atoms with van der Waals surface area (Å²) in [7, 11) is 2.05. The van der Waals surface area contributed by atoms with Crippen LogP contribution in [0.15, 0.2) is 29.2 Å². The van der Waals surface area contributed by atoms with Crippen LogP contribution in [0.25, 0.3) is 0 Å². The monoisotopic (exact) mass is 309 g/mol. The van der Waals surface area contributed by atoms with Gasteiger partial charge in [0.05, 0.1) is 5.60 Å². The molecule has 1 heterocycles. The van der Waals surface area contributed by atoms with Crippen LogP contribution in [0.4, 0.5) is 4.39 Å². The number of thioether (sulfide) groups is 1. The van der Waals surface area contributed by atoms with E-state index in [0.717, 1.165) is 23.7 Å². The molecular formula is C17H24FNOS. The molecule has 1 saturated heterocycles. The quantitative estimate of drug-likeness (QED) is 0.835. The summed E-state index contributed by atoms with van der Waals surface area (Å²) in [4.78, 5) is 1.14. The number of benzene rings is 1. The molecule has 0 bridgehead atoms. The average molecular weight is 309 g/mol. The Morgan fingerprint density at radius 2 is 2.14 bits per heavy atom. The van der Waals surface area contributed by atoms with Crippen LogP contribution in [-0.4, -0.2) is 31.1 Å². The molecule has 2 aliphatic rings. The molecule has 1 N–H and O–H groups in total. The van der Waals surface area contributed by atoms with Gasteiger partial charge in [0.25, 0.3) is 0 Å². The zero-order valence-corrected chi connectivity index (χ0v) is 13.4. The van der Waals surface area contributed by atoms with E-state index in [1.54, 1.807) is 0 Å². The van der Waals surface area contributed by atoms with Crippen LogP contribution in [0.1, 0.15) is 32.1 Å². The fraction of sp³-hybridized carbons (Fsp3) is 0.647. The molecule has 1 aromatic carbocycles. The highest BCUT2D eigenvalue weighted by molar-refractivity contribution is 7.99. The molecule has 116 valence electrons. The van der Waals surface area contributed by atoms with Crippen molar-refractivity contribution in [1.82, 2.24) is 5.32 Å². The fourth-order valence-corrected chi connectivity index (χ4v) is 4.64. The largest absolute Gasteiger partial charge is 0.375 e. The van der Waals surface area contributed by atoms with Crippen LogP contribution in [0.2, 0.25) is 0 Å². The highest BCUT2D eigenvalue weighted by Gasteiger charge is 2.43. The predicted octanol–water partition coefficient (Wildman–Crippen LogP) is 3.86. The first kappa shape index (κ1) is 15.3. The summed E-state index contributed by atoms with van der Waals surface area (Å²) in [5.41, 5.74) is 0.207. The van der Waals surface area contributed by atoms with Gasteiger partial charge < -0.3 is 10.1 Å². The van der Waals surface area contributed by atoms with Gasteiger partial charge in [0, 0.05) is 23.3 Å². The second-order valence-electron chi connectivity index (χ2n) is 6.30. The lowest BCUT2D eigenvalue weighted by atomic mass is 9.70. The van der Waals surface area contributed by atoms with Gasteiger partial charge in [0.2, 0.25) is 0 Å². The molecule has 0 amide bonds. The number of ether oxygens (including phenoxy) is 1. The van der Waals surface area contributed by atoms with E-state index >= 15 is 0 Å². The minimum Gasteiger partial charge on any atom is -0.375 e. The van der Waals surface area contributed by atoms with Crippen molar-refractivity contribution in [3.05, 3.63) is 30.1 Å². The molecule has 1 aliphatic carbocycles. The molecule has 0 aromatic heterocycles. The van der Waals surface area contributed by atoms with Crippen LogP contribution < -0.4 is 5.32 Å². The van der Waals surface area contributed by atoms with Crippen molar-refractivity contribution in [2.24, 2.45) is 5.92 Å². The number of hydrogen-bond acceptors (Lipinski definition) is 3. The number of halogens is 1. The molecule has 2 unspecified atom stereocenters. The van der Waals surface area contributed by atoms with Crippen molar-refractivity contribution >= 4 is 11.8 Å². The Bertz CT molecular complexity index is 460. The minimum atomic E-state index is -0.166. The van der Waals surface area contributed by atoms with Crippen LogP contribution in [0.3, 0.4) is 0 Å². The Morgan fingerprint density at radius 1 is 1.38 bits per heavy atom. The average Bonchev–Trinajstić information content (AvgIpc) is 2.48. The molecule has 0 radical (unpaired) electrons. The summed E-state index contributed by atoms with van der Waals surface area (Å²) in [5.74, 6) is 1.56. The molecule has 2 fully saturated rings. The smallest absolute Gasteiger partial charge is 0.123 e. The molecule has 21 heavy (non-hydrogen) atoms. The summed E-state index contributed by atoms with van der Waals surface area (Å²) >= 11 is 1.81. The van der Waals surface area contributed by atoms with Gasteiger partial charge in [0.1, 0.15) is 5.82 Å². The van der Waals surface area contributed by atoms with Gasteiger partial charge in [-0.1, -0.05) is 0 Å². The first-order valence-corrected chi connectivity index (χ1v) is 8.89. The van der Waals surface area contributed by atoms with Crippen molar-refractivity contribution in [2.45, 2.75) is 48.6 Å². The lowest BCUT2D eigenvalue weighted by molar-refractivity contribution is -0.146. The summed E-state index contributed by atoms with van der Waals surface area (Å²) in [6.45, 7) is 0.907. The number of hydrogen-bond donors (Lipinski definition) is 1. The van der Waals surface area contributed by atoms with E-state index < -0.39 is 0 Å². The fourth-order valence-electron chi connectivity index (χ4n) is 3.50. The van der Waals surface area contributed by atoms with E-state index in [1.165, 1.54) is 37.8 Å².